The molecule has 0 bridgehead atoms. The fourth-order valence-corrected chi connectivity index (χ4v) is 0. The predicted molar refractivity (Wildman–Crippen MR) is 269 cm³/mol. The number of rotatable bonds is 0. The van der Waals surface area contributed by atoms with Crippen LogP contribution in [0.5, 0.6) is 0 Å². The van der Waals surface area contributed by atoms with E-state index in [1.165, 1.54) is 0 Å². The van der Waals surface area contributed by atoms with Crippen LogP contribution in [0.25, 0.3) is 0 Å². The van der Waals surface area contributed by atoms with E-state index < -0.39 is 0 Å². The first-order valence-corrected chi connectivity index (χ1v) is 18.7. The van der Waals surface area contributed by atoms with Crippen LogP contribution in [0.2, 0.25) is 0 Å². The molecule has 0 aliphatic carbocycles. The largest absolute Gasteiger partial charge is 4.00 e. The number of nitrogens with zero attached hydrogens (tertiary/aromatic N) is 8. The van der Waals surface area contributed by atoms with Crippen molar-refractivity contribution in [3.05, 3.63) is 0 Å². The maximum absolute atomic E-state index is 4.56. The molecule has 0 spiro atoms. The Labute approximate surface area is 421 Å². The van der Waals surface area contributed by atoms with Crippen molar-refractivity contribution >= 4 is 233 Å². The molecule has 0 aromatic heterocycles. The molecule has 0 radical (unpaired) electrons. The Kier molecular flexibility index (Phi) is 78.8. The number of hydrogen-bond donors (Lipinski definition) is 0. The Balaban J connectivity index is -0.0000000455. The van der Waals surface area contributed by atoms with E-state index >= 15 is 0 Å². The van der Waals surface area contributed by atoms with Gasteiger partial charge in [-0.15, -0.1) is 0 Å². The van der Waals surface area contributed by atoms with Crippen molar-refractivity contribution in [1.29, 1.82) is 0 Å². The van der Waals surface area contributed by atoms with Crippen LogP contribution in [0.1, 0.15) is 0 Å². The molecule has 0 saturated heterocycles. The molecule has 0 fully saturated rings. The van der Waals surface area contributed by atoms with E-state index in [2.05, 4.69) is 199 Å². The summed E-state index contributed by atoms with van der Waals surface area (Å²) < 4.78 is 4.07. The van der Waals surface area contributed by atoms with E-state index in [0.29, 0.717) is 34.6 Å². The molecule has 0 amide bonds. The third kappa shape index (κ3) is 104. The Bertz CT molecular complexity index is 707. The molecular formula is C24H48Mo2N8S16. The van der Waals surface area contributed by atoms with E-state index in [4.69, 9.17) is 0 Å². The van der Waals surface area contributed by atoms with E-state index in [1.807, 2.05) is 113 Å². The average Bonchev–Trinajstić information content (AvgIpc) is 2.90. The summed E-state index contributed by atoms with van der Waals surface area (Å²) in [4.78, 5) is 13.7. The molecule has 0 heterocycles. The summed E-state index contributed by atoms with van der Waals surface area (Å²) in [5, 5.41) is 0. The van der Waals surface area contributed by atoms with Gasteiger partial charge in [0.25, 0.3) is 0 Å². The molecular weight excluding hydrogens is 1110 g/mol. The van der Waals surface area contributed by atoms with Crippen molar-refractivity contribution in [3.63, 3.8) is 0 Å². The quantitative estimate of drug-likeness (QED) is 0.202. The van der Waals surface area contributed by atoms with Gasteiger partial charge in [0.2, 0.25) is 0 Å². The molecule has 0 rings (SSSR count). The zero-order chi connectivity index (χ0) is 41.2. The molecule has 292 valence electrons. The maximum Gasteiger partial charge on any atom is 4.00 e. The average molecular weight is 1150 g/mol. The zero-order valence-corrected chi connectivity index (χ0v) is 48.0. The SMILES string of the molecule is CN(C)C(=S)[S-].CN(C)C(=S)[S-].CN(C)C(=S)[S-].CN(C)C(=S)[S-].CN(C)C(=S)[S-].CN(C)C(=S)[S-].CN(C)C(=S)[S-].CN(C)C(=S)[S-].[Mo+4].[Mo+4]. The molecule has 8 nitrogen and oxygen atoms in total. The van der Waals surface area contributed by atoms with Gasteiger partial charge in [-0.05, 0) is 0 Å². The molecule has 0 aliphatic rings. The van der Waals surface area contributed by atoms with Gasteiger partial charge in [0.1, 0.15) is 0 Å². The number of hydrogen-bond acceptors (Lipinski definition) is 16. The summed E-state index contributed by atoms with van der Waals surface area (Å²) in [6.45, 7) is 0. The maximum atomic E-state index is 4.56. The standard InChI is InChI=1S/8C3H7NS2.2Mo/c8*1-4(2)3(5)6;;/h8*1-2H3,(H,5,6);;/q;;;;;;;;2*+4/p-8. The molecule has 0 aromatic carbocycles. The van der Waals surface area contributed by atoms with Crippen LogP contribution in [0, 0.1) is 0 Å². The van der Waals surface area contributed by atoms with Crippen molar-refractivity contribution in [2.45, 2.75) is 0 Å². The normalized spacial score (nSPS) is 7.36. The van der Waals surface area contributed by atoms with Crippen molar-refractivity contribution in [3.8, 4) is 0 Å². The second-order valence-electron chi connectivity index (χ2n) is 9.28. The summed E-state index contributed by atoms with van der Waals surface area (Å²) >= 11 is 73.0. The van der Waals surface area contributed by atoms with Gasteiger partial charge in [-0.1, -0.05) is 34.6 Å². The van der Waals surface area contributed by atoms with E-state index in [-0.39, 0.29) is 42.1 Å². The molecule has 0 atom stereocenters. The second-order valence-corrected chi connectivity index (χ2v) is 17.5. The van der Waals surface area contributed by atoms with Crippen LogP contribution in [0.3, 0.4) is 0 Å². The van der Waals surface area contributed by atoms with Gasteiger partial charge >= 0.3 is 42.1 Å². The fraction of sp³-hybridized carbons (Fsp3) is 0.667. The van der Waals surface area contributed by atoms with Gasteiger partial charge in [-0.2, -0.15) is 0 Å². The Hall–Kier alpha value is 2.26. The summed E-state index contributed by atoms with van der Waals surface area (Å²) in [5.74, 6) is 0. The minimum atomic E-state index is 0. The first-order valence-electron chi connectivity index (χ1n) is 12.2. The fourth-order valence-electron chi connectivity index (χ4n) is 0. The molecule has 50 heavy (non-hydrogen) atoms. The van der Waals surface area contributed by atoms with Gasteiger partial charge in [-0.25, -0.2) is 0 Å². The number of thiocarbonyl (C=S) groups is 8. The summed E-state index contributed by atoms with van der Waals surface area (Å²) in [5.41, 5.74) is 0. The van der Waals surface area contributed by atoms with Gasteiger partial charge in [-0.3, -0.25) is 0 Å². The van der Waals surface area contributed by atoms with Gasteiger partial charge in [0.05, 0.1) is 0 Å². The topological polar surface area (TPSA) is 25.9 Å². The Morgan fingerprint density at radius 2 is 0.240 bits per heavy atom. The van der Waals surface area contributed by atoms with Crippen LogP contribution in [0.4, 0.5) is 0 Å². The molecule has 0 saturated carbocycles. The van der Waals surface area contributed by atoms with Gasteiger partial charge in [0, 0.05) is 113 Å². The molecule has 0 N–H and O–H groups in total. The monoisotopic (exact) mass is 1160 g/mol. The van der Waals surface area contributed by atoms with Crippen LogP contribution >= 0.6 is 97.7 Å². The minimum absolute atomic E-state index is 0. The van der Waals surface area contributed by atoms with Crippen molar-refractivity contribution < 1.29 is 42.1 Å². The predicted octanol–water partition coefficient (Wildman–Crippen LogP) is 3.03. The summed E-state index contributed by atoms with van der Waals surface area (Å²) in [6, 6.07) is 0. The van der Waals surface area contributed by atoms with Gasteiger partial charge < -0.3 is 238 Å². The smallest absolute Gasteiger partial charge is 0.411 e. The molecule has 0 aliphatic heterocycles. The van der Waals surface area contributed by atoms with E-state index in [9.17, 15) is 0 Å². The van der Waals surface area contributed by atoms with Crippen LogP contribution < -0.4 is 0 Å². The van der Waals surface area contributed by atoms with E-state index in [0.717, 1.165) is 0 Å². The zero-order valence-electron chi connectivity index (χ0n) is 30.9. The minimum Gasteiger partial charge on any atom is -0.411 e. The van der Waals surface area contributed by atoms with Crippen LogP contribution in [-0.4, -0.2) is 187 Å². The molecule has 0 unspecified atom stereocenters. The van der Waals surface area contributed by atoms with Crippen molar-refractivity contribution in [2.75, 3.05) is 113 Å². The van der Waals surface area contributed by atoms with Crippen LogP contribution in [-0.2, 0) is 143 Å². The van der Waals surface area contributed by atoms with Crippen molar-refractivity contribution in [2.24, 2.45) is 0 Å². The van der Waals surface area contributed by atoms with Crippen molar-refractivity contribution in [1.82, 2.24) is 39.2 Å². The third-order valence-corrected chi connectivity index (χ3v) is 8.76. The first kappa shape index (κ1) is 76.9. The third-order valence-electron chi connectivity index (χ3n) is 2.92. The summed E-state index contributed by atoms with van der Waals surface area (Å²) in [6.07, 6.45) is 0. The second kappa shape index (κ2) is 51.3. The first-order chi connectivity index (χ1) is 21.1. The molecule has 0 aromatic rings. The Morgan fingerprint density at radius 3 is 0.240 bits per heavy atom. The molecule has 26 heteroatoms. The summed E-state index contributed by atoms with van der Waals surface area (Å²) in [7, 11) is 29.3. The van der Waals surface area contributed by atoms with Gasteiger partial charge in [0.15, 0.2) is 0 Å². The Morgan fingerprint density at radius 1 is 0.220 bits per heavy atom. The van der Waals surface area contributed by atoms with Crippen LogP contribution in [0.15, 0.2) is 0 Å². The van der Waals surface area contributed by atoms with E-state index in [1.54, 1.807) is 39.2 Å².